The highest BCUT2D eigenvalue weighted by molar-refractivity contribution is 6.32. The Morgan fingerprint density at radius 1 is 1.15 bits per heavy atom. The number of para-hydroxylation sites is 1. The molecule has 0 spiro atoms. The molecule has 1 aromatic heterocycles. The van der Waals surface area contributed by atoms with Crippen LogP contribution in [0.1, 0.15) is 37.3 Å². The maximum absolute atomic E-state index is 9.53. The molecule has 1 saturated carbocycles. The van der Waals surface area contributed by atoms with Gasteiger partial charge in [-0.15, -0.1) is 0 Å². The molecule has 6 nitrogen and oxygen atoms in total. The molecule has 1 aliphatic heterocycles. The second kappa shape index (κ2) is 7.29. The van der Waals surface area contributed by atoms with Gasteiger partial charge in [-0.3, -0.25) is 0 Å². The third-order valence-electron chi connectivity index (χ3n) is 5.18. The number of aliphatic hydroxyl groups excluding tert-OH is 1. The van der Waals surface area contributed by atoms with Gasteiger partial charge in [0, 0.05) is 37.9 Å². The van der Waals surface area contributed by atoms with Gasteiger partial charge in [0.1, 0.15) is 17.7 Å². The lowest BCUT2D eigenvalue weighted by Gasteiger charge is -2.34. The van der Waals surface area contributed by atoms with Crippen LogP contribution in [0.15, 0.2) is 30.3 Å². The first-order valence-electron chi connectivity index (χ1n) is 9.07. The Kier molecular flexibility index (Phi) is 4.87. The number of aromatic nitrogens is 2. The Morgan fingerprint density at radius 3 is 2.58 bits per heavy atom. The van der Waals surface area contributed by atoms with Crippen molar-refractivity contribution in [3.8, 4) is 5.75 Å². The van der Waals surface area contributed by atoms with Crippen LogP contribution >= 0.6 is 11.6 Å². The first-order chi connectivity index (χ1) is 12.6. The summed E-state index contributed by atoms with van der Waals surface area (Å²) in [4.78, 5) is 11.0. The summed E-state index contributed by atoms with van der Waals surface area (Å²) in [5.41, 5.74) is 6.85. The number of halogens is 1. The number of hydrogen-bond donors (Lipinski definition) is 2. The molecule has 4 rings (SSSR count). The smallest absolute Gasteiger partial charge is 0.222 e. The summed E-state index contributed by atoms with van der Waals surface area (Å²) in [6.45, 7) is 1.69. The van der Waals surface area contributed by atoms with Crippen LogP contribution in [0.4, 0.5) is 11.8 Å². The van der Waals surface area contributed by atoms with Crippen molar-refractivity contribution in [3.63, 3.8) is 0 Å². The molecule has 1 aliphatic carbocycles. The molecule has 138 valence electrons. The summed E-state index contributed by atoms with van der Waals surface area (Å²) < 4.78 is 6.05. The minimum atomic E-state index is -0.211. The van der Waals surface area contributed by atoms with Crippen LogP contribution < -0.4 is 15.4 Å². The van der Waals surface area contributed by atoms with Crippen molar-refractivity contribution in [2.45, 2.75) is 43.8 Å². The first-order valence-corrected chi connectivity index (χ1v) is 9.45. The van der Waals surface area contributed by atoms with Gasteiger partial charge in [0.25, 0.3) is 0 Å². The molecule has 2 heterocycles. The Hall–Kier alpha value is -2.05. The molecule has 7 heteroatoms. The van der Waals surface area contributed by atoms with Crippen molar-refractivity contribution in [2.75, 3.05) is 23.7 Å². The van der Waals surface area contributed by atoms with Crippen LogP contribution in [-0.2, 0) is 0 Å². The fourth-order valence-corrected chi connectivity index (χ4v) is 3.77. The SMILES string of the molecule is Nc1nc(C2CC(O)C2)cc(N2CCC(Oc3ccccc3Cl)CC2)n1. The summed E-state index contributed by atoms with van der Waals surface area (Å²) in [7, 11) is 0. The molecule has 2 fully saturated rings. The lowest BCUT2D eigenvalue weighted by atomic mass is 9.80. The van der Waals surface area contributed by atoms with Crippen LogP contribution in [0.2, 0.25) is 5.02 Å². The molecular weight excluding hydrogens is 352 g/mol. The number of anilines is 2. The molecule has 0 bridgehead atoms. The lowest BCUT2D eigenvalue weighted by molar-refractivity contribution is 0.0732. The molecule has 0 amide bonds. The van der Waals surface area contributed by atoms with Gasteiger partial charge in [-0.1, -0.05) is 23.7 Å². The Bertz CT molecular complexity index is 774. The monoisotopic (exact) mass is 374 g/mol. The van der Waals surface area contributed by atoms with Crippen LogP contribution in [-0.4, -0.2) is 40.4 Å². The van der Waals surface area contributed by atoms with E-state index in [1.165, 1.54) is 0 Å². The van der Waals surface area contributed by atoms with E-state index in [-0.39, 0.29) is 18.1 Å². The number of nitrogens with zero attached hydrogens (tertiary/aromatic N) is 3. The van der Waals surface area contributed by atoms with Crippen molar-refractivity contribution in [2.24, 2.45) is 0 Å². The van der Waals surface area contributed by atoms with Crippen LogP contribution in [0.5, 0.6) is 5.75 Å². The van der Waals surface area contributed by atoms with Crippen LogP contribution in [0, 0.1) is 0 Å². The molecular formula is C19H23ClN4O2. The number of hydrogen-bond acceptors (Lipinski definition) is 6. The van der Waals surface area contributed by atoms with Crippen molar-refractivity contribution in [3.05, 3.63) is 41.0 Å². The number of ether oxygens (including phenoxy) is 1. The van der Waals surface area contributed by atoms with E-state index in [1.54, 1.807) is 0 Å². The average Bonchev–Trinajstić information content (AvgIpc) is 2.61. The highest BCUT2D eigenvalue weighted by Gasteiger charge is 2.31. The number of piperidine rings is 1. The van der Waals surface area contributed by atoms with E-state index >= 15 is 0 Å². The maximum Gasteiger partial charge on any atom is 0.222 e. The zero-order valence-corrected chi connectivity index (χ0v) is 15.3. The van der Waals surface area contributed by atoms with Gasteiger partial charge in [0.2, 0.25) is 5.95 Å². The van der Waals surface area contributed by atoms with Crippen LogP contribution in [0.25, 0.3) is 0 Å². The summed E-state index contributed by atoms with van der Waals surface area (Å²) in [5.74, 6) is 2.19. The zero-order chi connectivity index (χ0) is 18.1. The largest absolute Gasteiger partial charge is 0.489 e. The molecule has 0 radical (unpaired) electrons. The lowest BCUT2D eigenvalue weighted by Crippen LogP contribution is -2.39. The number of rotatable bonds is 4. The average molecular weight is 375 g/mol. The third kappa shape index (κ3) is 3.71. The highest BCUT2D eigenvalue weighted by Crippen LogP contribution is 2.37. The molecule has 26 heavy (non-hydrogen) atoms. The molecule has 1 saturated heterocycles. The van der Waals surface area contributed by atoms with Crippen LogP contribution in [0.3, 0.4) is 0 Å². The molecule has 2 aliphatic rings. The fraction of sp³-hybridized carbons (Fsp3) is 0.474. The highest BCUT2D eigenvalue weighted by atomic mass is 35.5. The van der Waals surface area contributed by atoms with Gasteiger partial charge in [0.15, 0.2) is 0 Å². The first kappa shape index (κ1) is 17.4. The topological polar surface area (TPSA) is 84.5 Å². The Morgan fingerprint density at radius 2 is 1.88 bits per heavy atom. The normalized spacial score (nSPS) is 23.5. The van der Waals surface area contributed by atoms with E-state index in [0.29, 0.717) is 11.0 Å². The van der Waals surface area contributed by atoms with Gasteiger partial charge in [-0.2, -0.15) is 4.98 Å². The molecule has 2 aromatic rings. The van der Waals surface area contributed by atoms with E-state index < -0.39 is 0 Å². The summed E-state index contributed by atoms with van der Waals surface area (Å²) in [5, 5.41) is 10.2. The zero-order valence-electron chi connectivity index (χ0n) is 14.5. The van der Waals surface area contributed by atoms with Crippen molar-refractivity contribution < 1.29 is 9.84 Å². The fourth-order valence-electron chi connectivity index (χ4n) is 3.59. The number of benzene rings is 1. The number of nitrogens with two attached hydrogens (primary N) is 1. The van der Waals surface area contributed by atoms with E-state index in [9.17, 15) is 5.11 Å². The summed E-state index contributed by atoms with van der Waals surface area (Å²) in [6.07, 6.45) is 3.23. The minimum absolute atomic E-state index is 0.145. The molecule has 1 aromatic carbocycles. The second-order valence-electron chi connectivity index (χ2n) is 7.07. The third-order valence-corrected chi connectivity index (χ3v) is 5.49. The maximum atomic E-state index is 9.53. The summed E-state index contributed by atoms with van der Waals surface area (Å²) >= 11 is 6.18. The second-order valence-corrected chi connectivity index (χ2v) is 7.47. The van der Waals surface area contributed by atoms with E-state index in [2.05, 4.69) is 14.9 Å². The van der Waals surface area contributed by atoms with Crippen molar-refractivity contribution in [1.82, 2.24) is 9.97 Å². The number of nitrogen functional groups attached to an aromatic ring is 1. The minimum Gasteiger partial charge on any atom is -0.489 e. The van der Waals surface area contributed by atoms with Gasteiger partial charge in [-0.25, -0.2) is 4.98 Å². The van der Waals surface area contributed by atoms with Gasteiger partial charge >= 0.3 is 0 Å². The van der Waals surface area contributed by atoms with E-state index in [0.717, 1.165) is 56.0 Å². The number of aliphatic hydroxyl groups is 1. The van der Waals surface area contributed by atoms with Gasteiger partial charge in [0.05, 0.1) is 16.8 Å². The van der Waals surface area contributed by atoms with E-state index in [4.69, 9.17) is 22.1 Å². The predicted molar refractivity (Wildman–Crippen MR) is 102 cm³/mol. The predicted octanol–water partition coefficient (Wildman–Crippen LogP) is 3.00. The van der Waals surface area contributed by atoms with Gasteiger partial charge < -0.3 is 20.5 Å². The Labute approximate surface area is 158 Å². The van der Waals surface area contributed by atoms with Crippen molar-refractivity contribution >= 4 is 23.4 Å². The Balaban J connectivity index is 1.39. The summed E-state index contributed by atoms with van der Waals surface area (Å²) in [6, 6.07) is 9.59. The van der Waals surface area contributed by atoms with E-state index in [1.807, 2.05) is 30.3 Å². The molecule has 0 unspecified atom stereocenters. The quantitative estimate of drug-likeness (QED) is 0.855. The van der Waals surface area contributed by atoms with Gasteiger partial charge in [-0.05, 0) is 25.0 Å². The standard InChI is InChI=1S/C19H23ClN4O2/c20-15-3-1-2-4-17(15)26-14-5-7-24(8-6-14)18-11-16(22-19(21)23-18)12-9-13(25)10-12/h1-4,11-14,25H,5-10H2,(H2,21,22,23). The van der Waals surface area contributed by atoms with Crippen molar-refractivity contribution in [1.29, 1.82) is 0 Å². The molecule has 3 N–H and O–H groups in total. The molecule has 0 atom stereocenters.